The summed E-state index contributed by atoms with van der Waals surface area (Å²) in [5, 5.41) is 0. The predicted molar refractivity (Wildman–Crippen MR) is 63.1 cm³/mol. The average molecular weight is 216 g/mol. The highest BCUT2D eigenvalue weighted by molar-refractivity contribution is 5.66. The van der Waals surface area contributed by atoms with Crippen molar-refractivity contribution >= 4 is 0 Å². The lowest BCUT2D eigenvalue weighted by Gasteiger charge is -2.07. The van der Waals surface area contributed by atoms with Crippen LogP contribution in [0.4, 0.5) is 4.39 Å². The number of methoxy groups -OCH3 is 1. The van der Waals surface area contributed by atoms with Gasteiger partial charge in [-0.1, -0.05) is 24.3 Å². The van der Waals surface area contributed by atoms with E-state index in [1.807, 2.05) is 31.2 Å². The van der Waals surface area contributed by atoms with Gasteiger partial charge in [0.15, 0.2) is 0 Å². The van der Waals surface area contributed by atoms with Crippen LogP contribution in [-0.2, 0) is 0 Å². The Hall–Kier alpha value is -1.83. The summed E-state index contributed by atoms with van der Waals surface area (Å²) in [7, 11) is 1.61. The Labute approximate surface area is 94.5 Å². The Balaban J connectivity index is 2.56. The van der Waals surface area contributed by atoms with Gasteiger partial charge in [-0.2, -0.15) is 0 Å². The molecule has 82 valence electrons. The van der Waals surface area contributed by atoms with E-state index < -0.39 is 0 Å². The smallest absolute Gasteiger partial charge is 0.131 e. The molecule has 0 N–H and O–H groups in total. The van der Waals surface area contributed by atoms with Crippen LogP contribution in [-0.4, -0.2) is 7.11 Å². The van der Waals surface area contributed by atoms with Crippen molar-refractivity contribution in [3.8, 4) is 16.9 Å². The number of hydrogen-bond acceptors (Lipinski definition) is 1. The van der Waals surface area contributed by atoms with Crippen molar-refractivity contribution in [2.75, 3.05) is 7.11 Å². The fourth-order valence-corrected chi connectivity index (χ4v) is 1.72. The number of halogens is 1. The fourth-order valence-electron chi connectivity index (χ4n) is 1.72. The van der Waals surface area contributed by atoms with Crippen molar-refractivity contribution in [3.63, 3.8) is 0 Å². The maximum Gasteiger partial charge on any atom is 0.131 e. The van der Waals surface area contributed by atoms with E-state index >= 15 is 0 Å². The van der Waals surface area contributed by atoms with Gasteiger partial charge >= 0.3 is 0 Å². The van der Waals surface area contributed by atoms with E-state index in [1.165, 1.54) is 6.07 Å². The minimum atomic E-state index is -0.213. The van der Waals surface area contributed by atoms with Crippen molar-refractivity contribution in [1.82, 2.24) is 0 Å². The molecule has 1 nitrogen and oxygen atoms in total. The van der Waals surface area contributed by atoms with Crippen LogP contribution in [0.1, 0.15) is 5.56 Å². The number of aryl methyl sites for hydroxylation is 1. The van der Waals surface area contributed by atoms with E-state index in [1.54, 1.807) is 19.2 Å². The molecule has 0 atom stereocenters. The third kappa shape index (κ3) is 2.06. The molecule has 0 amide bonds. The second-order valence-electron chi connectivity index (χ2n) is 3.72. The SMILES string of the molecule is COc1cc(C)cc(-c2ccccc2F)c1. The quantitative estimate of drug-likeness (QED) is 0.741. The summed E-state index contributed by atoms with van der Waals surface area (Å²) in [6.45, 7) is 1.97. The van der Waals surface area contributed by atoms with Gasteiger partial charge in [0.2, 0.25) is 0 Å². The molecular weight excluding hydrogens is 203 g/mol. The second-order valence-corrected chi connectivity index (χ2v) is 3.72. The Morgan fingerprint density at radius 1 is 1.06 bits per heavy atom. The predicted octanol–water partition coefficient (Wildman–Crippen LogP) is 3.81. The molecule has 0 radical (unpaired) electrons. The van der Waals surface area contributed by atoms with E-state index in [2.05, 4.69) is 0 Å². The number of benzene rings is 2. The van der Waals surface area contributed by atoms with Gasteiger partial charge in [0.1, 0.15) is 11.6 Å². The maximum absolute atomic E-state index is 13.6. The maximum atomic E-state index is 13.6. The molecule has 0 unspecified atom stereocenters. The molecule has 2 aromatic carbocycles. The summed E-state index contributed by atoms with van der Waals surface area (Å²) in [5.41, 5.74) is 2.50. The van der Waals surface area contributed by atoms with Gasteiger partial charge in [0.05, 0.1) is 7.11 Å². The first-order chi connectivity index (χ1) is 7.70. The molecule has 0 aromatic heterocycles. The Morgan fingerprint density at radius 3 is 2.50 bits per heavy atom. The van der Waals surface area contributed by atoms with E-state index in [0.717, 1.165) is 16.9 Å². The highest BCUT2D eigenvalue weighted by atomic mass is 19.1. The summed E-state index contributed by atoms with van der Waals surface area (Å²) in [4.78, 5) is 0. The summed E-state index contributed by atoms with van der Waals surface area (Å²) < 4.78 is 18.8. The van der Waals surface area contributed by atoms with Gasteiger partial charge in [-0.05, 0) is 36.2 Å². The van der Waals surface area contributed by atoms with Gasteiger partial charge in [0.25, 0.3) is 0 Å². The third-order valence-electron chi connectivity index (χ3n) is 2.47. The van der Waals surface area contributed by atoms with Crippen LogP contribution < -0.4 is 4.74 Å². The first kappa shape index (κ1) is 10.7. The normalized spacial score (nSPS) is 10.2. The van der Waals surface area contributed by atoms with Gasteiger partial charge in [-0.3, -0.25) is 0 Å². The first-order valence-corrected chi connectivity index (χ1v) is 5.11. The van der Waals surface area contributed by atoms with Gasteiger partial charge in [-0.15, -0.1) is 0 Å². The number of ether oxygens (including phenoxy) is 1. The molecule has 0 fully saturated rings. The van der Waals surface area contributed by atoms with E-state index in [9.17, 15) is 4.39 Å². The zero-order chi connectivity index (χ0) is 11.5. The highest BCUT2D eigenvalue weighted by Crippen LogP contribution is 2.27. The zero-order valence-electron chi connectivity index (χ0n) is 9.33. The van der Waals surface area contributed by atoms with Crippen LogP contribution in [0.3, 0.4) is 0 Å². The van der Waals surface area contributed by atoms with Crippen LogP contribution in [0.5, 0.6) is 5.75 Å². The van der Waals surface area contributed by atoms with Crippen molar-refractivity contribution in [1.29, 1.82) is 0 Å². The molecule has 0 spiro atoms. The lowest BCUT2D eigenvalue weighted by Crippen LogP contribution is -1.88. The molecule has 2 aromatic rings. The van der Waals surface area contributed by atoms with E-state index in [4.69, 9.17) is 4.74 Å². The van der Waals surface area contributed by atoms with E-state index in [-0.39, 0.29) is 5.82 Å². The molecule has 0 bridgehead atoms. The van der Waals surface area contributed by atoms with Crippen molar-refractivity contribution in [2.45, 2.75) is 6.92 Å². The number of rotatable bonds is 2. The minimum absolute atomic E-state index is 0.213. The van der Waals surface area contributed by atoms with Crippen molar-refractivity contribution in [3.05, 3.63) is 53.8 Å². The molecule has 2 heteroatoms. The molecule has 0 aliphatic carbocycles. The zero-order valence-corrected chi connectivity index (χ0v) is 9.33. The molecule has 0 saturated carbocycles. The summed E-state index contributed by atoms with van der Waals surface area (Å²) in [5.74, 6) is 0.536. The molecule has 0 saturated heterocycles. The molecule has 0 heterocycles. The minimum Gasteiger partial charge on any atom is -0.497 e. The van der Waals surface area contributed by atoms with Crippen LogP contribution >= 0.6 is 0 Å². The lowest BCUT2D eigenvalue weighted by atomic mass is 10.0. The van der Waals surface area contributed by atoms with Crippen LogP contribution in [0.2, 0.25) is 0 Å². The van der Waals surface area contributed by atoms with E-state index in [0.29, 0.717) is 5.56 Å². The largest absolute Gasteiger partial charge is 0.497 e. The Bertz CT molecular complexity index is 506. The fraction of sp³-hybridized carbons (Fsp3) is 0.143. The Morgan fingerprint density at radius 2 is 1.81 bits per heavy atom. The topological polar surface area (TPSA) is 9.23 Å². The number of hydrogen-bond donors (Lipinski definition) is 0. The molecule has 16 heavy (non-hydrogen) atoms. The third-order valence-corrected chi connectivity index (χ3v) is 2.47. The molecule has 2 rings (SSSR count). The Kier molecular flexibility index (Phi) is 2.91. The van der Waals surface area contributed by atoms with Gasteiger partial charge in [-0.25, -0.2) is 4.39 Å². The van der Waals surface area contributed by atoms with Gasteiger partial charge < -0.3 is 4.74 Å². The van der Waals surface area contributed by atoms with Crippen LogP contribution in [0, 0.1) is 12.7 Å². The lowest BCUT2D eigenvalue weighted by molar-refractivity contribution is 0.414. The van der Waals surface area contributed by atoms with Crippen LogP contribution in [0.15, 0.2) is 42.5 Å². The highest BCUT2D eigenvalue weighted by Gasteiger charge is 2.05. The summed E-state index contributed by atoms with van der Waals surface area (Å²) in [6, 6.07) is 12.4. The first-order valence-electron chi connectivity index (χ1n) is 5.11. The molecule has 0 aliphatic rings. The monoisotopic (exact) mass is 216 g/mol. The average Bonchev–Trinajstić information content (AvgIpc) is 2.28. The van der Waals surface area contributed by atoms with Crippen molar-refractivity contribution < 1.29 is 9.13 Å². The van der Waals surface area contributed by atoms with Crippen LogP contribution in [0.25, 0.3) is 11.1 Å². The molecular formula is C14H13FO. The van der Waals surface area contributed by atoms with Crippen molar-refractivity contribution in [2.24, 2.45) is 0 Å². The van der Waals surface area contributed by atoms with Gasteiger partial charge in [0, 0.05) is 5.56 Å². The standard InChI is InChI=1S/C14H13FO/c1-10-7-11(9-12(8-10)16-2)13-5-3-4-6-14(13)15/h3-9H,1-2H3. The summed E-state index contributed by atoms with van der Waals surface area (Å²) >= 11 is 0. The summed E-state index contributed by atoms with van der Waals surface area (Å²) in [6.07, 6.45) is 0. The second kappa shape index (κ2) is 4.35. The molecule has 0 aliphatic heterocycles.